The van der Waals surface area contributed by atoms with Gasteiger partial charge in [0.25, 0.3) is 10.1 Å². The summed E-state index contributed by atoms with van der Waals surface area (Å²) in [5.41, 5.74) is 5.64. The lowest BCUT2D eigenvalue weighted by atomic mass is 10.3. The van der Waals surface area contributed by atoms with Crippen LogP contribution in [-0.2, 0) is 10.1 Å². The first kappa shape index (κ1) is 12.0. The molecule has 0 bridgehead atoms. The van der Waals surface area contributed by atoms with Crippen molar-refractivity contribution in [2.75, 3.05) is 0 Å². The van der Waals surface area contributed by atoms with Gasteiger partial charge in [-0.1, -0.05) is 0 Å². The predicted octanol–water partition coefficient (Wildman–Crippen LogP) is -0.0498. The molecule has 0 aliphatic heterocycles. The van der Waals surface area contributed by atoms with Crippen LogP contribution in [0.4, 0.5) is 5.69 Å². The lowest BCUT2D eigenvalue weighted by molar-refractivity contribution is 0.483. The molecule has 0 unspecified atom stereocenters. The number of guanidine groups is 1. The van der Waals surface area contributed by atoms with Crippen molar-refractivity contribution in [3.05, 3.63) is 24.3 Å². The number of benzene rings is 1. The van der Waals surface area contributed by atoms with Crippen LogP contribution < -0.4 is 11.1 Å². The van der Waals surface area contributed by atoms with E-state index in [2.05, 4.69) is 10.3 Å². The van der Waals surface area contributed by atoms with E-state index in [1.54, 1.807) is 6.19 Å². The molecule has 1 aromatic carbocycles. The van der Waals surface area contributed by atoms with Crippen LogP contribution in [0.3, 0.4) is 0 Å². The van der Waals surface area contributed by atoms with Crippen LogP contribution in [0, 0.1) is 11.5 Å². The Bertz CT molecular complexity index is 542. The van der Waals surface area contributed by atoms with Gasteiger partial charge in [0.05, 0.1) is 10.6 Å². The highest BCUT2D eigenvalue weighted by Gasteiger charge is 2.07. The van der Waals surface area contributed by atoms with E-state index >= 15 is 0 Å². The zero-order chi connectivity index (χ0) is 12.2. The van der Waals surface area contributed by atoms with Gasteiger partial charge in [-0.15, -0.1) is 0 Å². The van der Waals surface area contributed by atoms with Gasteiger partial charge in [0.1, 0.15) is 0 Å². The predicted molar refractivity (Wildman–Crippen MR) is 56.3 cm³/mol. The molecule has 0 atom stereocenters. The molecule has 1 aromatic rings. The lowest BCUT2D eigenvalue weighted by Crippen LogP contribution is -2.26. The van der Waals surface area contributed by atoms with Gasteiger partial charge in [0.2, 0.25) is 5.96 Å². The van der Waals surface area contributed by atoms with Crippen molar-refractivity contribution >= 4 is 21.8 Å². The fourth-order valence-electron chi connectivity index (χ4n) is 0.917. The van der Waals surface area contributed by atoms with Crippen molar-refractivity contribution < 1.29 is 13.0 Å². The molecule has 0 amide bonds. The monoisotopic (exact) mass is 240 g/mol. The second-order valence-corrected chi connectivity index (χ2v) is 4.12. The van der Waals surface area contributed by atoms with Crippen molar-refractivity contribution in [2.45, 2.75) is 4.90 Å². The highest BCUT2D eigenvalue weighted by molar-refractivity contribution is 7.85. The maximum absolute atomic E-state index is 10.7. The molecule has 0 heterocycles. The molecule has 0 spiro atoms. The van der Waals surface area contributed by atoms with E-state index in [-0.39, 0.29) is 10.9 Å². The summed E-state index contributed by atoms with van der Waals surface area (Å²) >= 11 is 0. The van der Waals surface area contributed by atoms with Crippen LogP contribution in [0.15, 0.2) is 34.2 Å². The smallest absolute Gasteiger partial charge is 0.294 e. The summed E-state index contributed by atoms with van der Waals surface area (Å²) in [6, 6.07) is 5.03. The van der Waals surface area contributed by atoms with E-state index in [1.165, 1.54) is 24.3 Å². The Kier molecular flexibility index (Phi) is 3.44. The molecule has 0 saturated heterocycles. The SMILES string of the molecule is N#CNC(N)=Nc1ccc(S(=O)(=O)O)cc1. The molecule has 84 valence electrons. The summed E-state index contributed by atoms with van der Waals surface area (Å²) in [6.07, 6.45) is 1.58. The molecule has 0 fully saturated rings. The molecule has 1 rings (SSSR count). The Labute approximate surface area is 92.0 Å². The highest BCUT2D eigenvalue weighted by atomic mass is 32.2. The number of aliphatic imine (C=N–C) groups is 1. The van der Waals surface area contributed by atoms with Crippen LogP contribution >= 0.6 is 0 Å². The van der Waals surface area contributed by atoms with Gasteiger partial charge >= 0.3 is 0 Å². The minimum atomic E-state index is -4.21. The zero-order valence-corrected chi connectivity index (χ0v) is 8.77. The topological polar surface area (TPSA) is 129 Å². The van der Waals surface area contributed by atoms with Crippen molar-refractivity contribution in [3.63, 3.8) is 0 Å². The maximum atomic E-state index is 10.7. The third-order valence-electron chi connectivity index (χ3n) is 1.57. The van der Waals surface area contributed by atoms with Crippen LogP contribution in [0.2, 0.25) is 0 Å². The first-order chi connectivity index (χ1) is 7.43. The summed E-state index contributed by atoms with van der Waals surface area (Å²) < 4.78 is 30.1. The summed E-state index contributed by atoms with van der Waals surface area (Å²) in [5.74, 6) is -0.109. The summed E-state index contributed by atoms with van der Waals surface area (Å²) in [5, 5.41) is 10.3. The van der Waals surface area contributed by atoms with Gasteiger partial charge in [-0.3, -0.25) is 9.87 Å². The molecule has 0 aliphatic carbocycles. The summed E-state index contributed by atoms with van der Waals surface area (Å²) in [7, 11) is -4.21. The third-order valence-corrected chi connectivity index (χ3v) is 2.44. The lowest BCUT2D eigenvalue weighted by Gasteiger charge is -1.99. The Morgan fingerprint density at radius 2 is 2.00 bits per heavy atom. The fourth-order valence-corrected chi connectivity index (χ4v) is 1.40. The summed E-state index contributed by atoms with van der Waals surface area (Å²) in [4.78, 5) is 3.52. The van der Waals surface area contributed by atoms with Crippen molar-refractivity contribution in [2.24, 2.45) is 10.7 Å². The van der Waals surface area contributed by atoms with E-state index in [9.17, 15) is 8.42 Å². The van der Waals surface area contributed by atoms with Gasteiger partial charge in [-0.25, -0.2) is 4.99 Å². The number of nitriles is 1. The number of hydrogen-bond acceptors (Lipinski definition) is 4. The quantitative estimate of drug-likeness (QED) is 0.218. The minimum Gasteiger partial charge on any atom is -0.369 e. The zero-order valence-electron chi connectivity index (χ0n) is 7.95. The standard InChI is InChI=1S/C8H8N4O3S/c9-5-11-8(10)12-6-1-3-7(4-2-6)16(13,14)15/h1-4H,(H3,10,11,12)(H,13,14,15). The number of hydrogen-bond donors (Lipinski definition) is 3. The van der Waals surface area contributed by atoms with Gasteiger partial charge in [0, 0.05) is 0 Å². The largest absolute Gasteiger partial charge is 0.369 e. The van der Waals surface area contributed by atoms with Gasteiger partial charge < -0.3 is 5.73 Å². The van der Waals surface area contributed by atoms with E-state index < -0.39 is 10.1 Å². The first-order valence-corrected chi connectivity index (χ1v) is 5.44. The molecule has 7 nitrogen and oxygen atoms in total. The number of nitrogens with two attached hydrogens (primary N) is 1. The molecular formula is C8H8N4O3S. The molecule has 0 radical (unpaired) electrons. The Hall–Kier alpha value is -2.11. The average Bonchev–Trinajstić information content (AvgIpc) is 2.17. The van der Waals surface area contributed by atoms with Crippen molar-refractivity contribution in [3.8, 4) is 6.19 Å². The van der Waals surface area contributed by atoms with E-state index in [0.29, 0.717) is 5.69 Å². The molecule has 0 saturated carbocycles. The second kappa shape index (κ2) is 4.61. The average molecular weight is 240 g/mol. The van der Waals surface area contributed by atoms with Crippen LogP contribution in [0.25, 0.3) is 0 Å². The van der Waals surface area contributed by atoms with Crippen LogP contribution in [0.1, 0.15) is 0 Å². The number of nitrogens with one attached hydrogen (secondary N) is 1. The Morgan fingerprint density at radius 3 is 2.44 bits per heavy atom. The van der Waals surface area contributed by atoms with E-state index in [0.717, 1.165) is 0 Å². The molecule has 8 heteroatoms. The minimum absolute atomic E-state index is 0.109. The highest BCUT2D eigenvalue weighted by Crippen LogP contribution is 2.15. The summed E-state index contributed by atoms with van der Waals surface area (Å²) in [6.45, 7) is 0. The van der Waals surface area contributed by atoms with E-state index in [4.69, 9.17) is 15.5 Å². The molecule has 0 aliphatic rings. The molecule has 0 aromatic heterocycles. The van der Waals surface area contributed by atoms with Crippen LogP contribution in [0.5, 0.6) is 0 Å². The van der Waals surface area contributed by atoms with Gasteiger partial charge in [-0.05, 0) is 24.3 Å². The van der Waals surface area contributed by atoms with Gasteiger partial charge in [-0.2, -0.15) is 13.7 Å². The Balaban J connectivity index is 2.97. The van der Waals surface area contributed by atoms with Crippen molar-refractivity contribution in [1.82, 2.24) is 5.32 Å². The molecular weight excluding hydrogens is 232 g/mol. The Morgan fingerprint density at radius 1 is 1.44 bits per heavy atom. The fraction of sp³-hybridized carbons (Fsp3) is 0. The van der Waals surface area contributed by atoms with Crippen molar-refractivity contribution in [1.29, 1.82) is 5.26 Å². The number of rotatable bonds is 2. The second-order valence-electron chi connectivity index (χ2n) is 2.70. The molecule has 16 heavy (non-hydrogen) atoms. The van der Waals surface area contributed by atoms with Gasteiger partial charge in [0.15, 0.2) is 6.19 Å². The first-order valence-electron chi connectivity index (χ1n) is 4.00. The third kappa shape index (κ3) is 3.23. The van der Waals surface area contributed by atoms with E-state index in [1.807, 2.05) is 0 Å². The number of nitrogens with zero attached hydrogens (tertiary/aromatic N) is 2. The maximum Gasteiger partial charge on any atom is 0.294 e. The normalized spacial score (nSPS) is 11.9. The van der Waals surface area contributed by atoms with Crippen LogP contribution in [-0.4, -0.2) is 18.9 Å². The molecule has 4 N–H and O–H groups in total.